The minimum atomic E-state index is -0.281. The van der Waals surface area contributed by atoms with Gasteiger partial charge in [-0.1, -0.05) is 11.6 Å². The monoisotopic (exact) mass is 377 g/mol. The first kappa shape index (κ1) is 13.7. The molecule has 0 spiro atoms. The molecular formula is C13H13ClINO2. The second-order valence-corrected chi connectivity index (χ2v) is 5.30. The largest absolute Gasteiger partial charge is 0.461 e. The van der Waals surface area contributed by atoms with Crippen molar-refractivity contribution in [3.63, 3.8) is 0 Å². The first-order valence-electron chi connectivity index (χ1n) is 5.74. The molecule has 0 fully saturated rings. The summed E-state index contributed by atoms with van der Waals surface area (Å²) >= 11 is 8.18. The minimum Gasteiger partial charge on any atom is -0.461 e. The van der Waals surface area contributed by atoms with Crippen LogP contribution in [0.4, 0.5) is 0 Å². The van der Waals surface area contributed by atoms with Gasteiger partial charge in [0.2, 0.25) is 0 Å². The number of benzene rings is 1. The van der Waals surface area contributed by atoms with Crippen molar-refractivity contribution in [2.45, 2.75) is 20.4 Å². The van der Waals surface area contributed by atoms with Crippen molar-refractivity contribution in [2.75, 3.05) is 6.61 Å². The zero-order chi connectivity index (χ0) is 13.3. The van der Waals surface area contributed by atoms with Crippen LogP contribution in [0.25, 0.3) is 10.9 Å². The summed E-state index contributed by atoms with van der Waals surface area (Å²) in [6, 6.07) is 5.65. The maximum atomic E-state index is 12.0. The highest BCUT2D eigenvalue weighted by Crippen LogP contribution is 2.30. The number of rotatable bonds is 3. The lowest BCUT2D eigenvalue weighted by atomic mass is 10.2. The fraction of sp³-hybridized carbons (Fsp3) is 0.308. The predicted octanol–water partition coefficient (Wildman–Crippen LogP) is 4.10. The molecule has 1 heterocycles. The van der Waals surface area contributed by atoms with Crippen molar-refractivity contribution in [3.05, 3.63) is 32.5 Å². The lowest BCUT2D eigenvalue weighted by molar-refractivity contribution is 0.0513. The quantitative estimate of drug-likeness (QED) is 0.596. The van der Waals surface area contributed by atoms with E-state index in [2.05, 4.69) is 22.6 Å². The number of nitrogens with zero attached hydrogens (tertiary/aromatic N) is 1. The second-order valence-electron chi connectivity index (χ2n) is 3.79. The SMILES string of the molecule is CCOC(=O)c1c(I)c2cc(Cl)ccc2n1CC. The lowest BCUT2D eigenvalue weighted by Gasteiger charge is -2.07. The van der Waals surface area contributed by atoms with E-state index < -0.39 is 0 Å². The molecule has 0 saturated heterocycles. The number of aromatic nitrogens is 1. The zero-order valence-corrected chi connectivity index (χ0v) is 13.1. The van der Waals surface area contributed by atoms with Gasteiger partial charge in [-0.2, -0.15) is 0 Å². The van der Waals surface area contributed by atoms with E-state index in [0.717, 1.165) is 21.0 Å². The van der Waals surface area contributed by atoms with Crippen LogP contribution in [0.5, 0.6) is 0 Å². The number of aryl methyl sites for hydroxylation is 1. The van der Waals surface area contributed by atoms with E-state index in [1.807, 2.05) is 29.7 Å². The molecule has 2 rings (SSSR count). The van der Waals surface area contributed by atoms with E-state index in [-0.39, 0.29) is 5.97 Å². The van der Waals surface area contributed by atoms with Gasteiger partial charge in [-0.25, -0.2) is 4.79 Å². The molecule has 0 amide bonds. The molecule has 18 heavy (non-hydrogen) atoms. The van der Waals surface area contributed by atoms with E-state index in [0.29, 0.717) is 17.3 Å². The Hall–Kier alpha value is -0.750. The summed E-state index contributed by atoms with van der Waals surface area (Å²) in [7, 11) is 0. The molecule has 0 radical (unpaired) electrons. The second kappa shape index (κ2) is 5.48. The van der Waals surface area contributed by atoms with E-state index in [1.165, 1.54) is 0 Å². The first-order valence-corrected chi connectivity index (χ1v) is 7.20. The summed E-state index contributed by atoms with van der Waals surface area (Å²) in [5.41, 5.74) is 1.62. The van der Waals surface area contributed by atoms with Gasteiger partial charge in [0.1, 0.15) is 5.69 Å². The van der Waals surface area contributed by atoms with Gasteiger partial charge in [0, 0.05) is 22.5 Å². The van der Waals surface area contributed by atoms with Crippen LogP contribution in [0, 0.1) is 3.57 Å². The van der Waals surface area contributed by atoms with Gasteiger partial charge in [0.05, 0.1) is 10.2 Å². The van der Waals surface area contributed by atoms with Crippen molar-refractivity contribution >= 4 is 51.1 Å². The third-order valence-corrected chi connectivity index (χ3v) is 4.08. The maximum absolute atomic E-state index is 12.0. The molecule has 0 aliphatic carbocycles. The number of ether oxygens (including phenoxy) is 1. The van der Waals surface area contributed by atoms with Crippen LogP contribution in [-0.4, -0.2) is 17.1 Å². The summed E-state index contributed by atoms with van der Waals surface area (Å²) in [6.45, 7) is 4.91. The molecule has 2 aromatic rings. The summed E-state index contributed by atoms with van der Waals surface area (Å²) in [6.07, 6.45) is 0. The van der Waals surface area contributed by atoms with Gasteiger partial charge >= 0.3 is 5.97 Å². The van der Waals surface area contributed by atoms with Crippen LogP contribution in [0.15, 0.2) is 18.2 Å². The lowest BCUT2D eigenvalue weighted by Crippen LogP contribution is -2.12. The molecule has 5 heteroatoms. The third-order valence-electron chi connectivity index (χ3n) is 2.75. The van der Waals surface area contributed by atoms with E-state index in [4.69, 9.17) is 16.3 Å². The van der Waals surface area contributed by atoms with Crippen molar-refractivity contribution < 1.29 is 9.53 Å². The Bertz CT molecular complexity index is 607. The first-order chi connectivity index (χ1) is 8.60. The van der Waals surface area contributed by atoms with Crippen molar-refractivity contribution in [1.29, 1.82) is 0 Å². The molecule has 0 aliphatic rings. The normalized spacial score (nSPS) is 10.9. The van der Waals surface area contributed by atoms with E-state index in [1.54, 1.807) is 6.92 Å². The molecule has 0 atom stereocenters. The summed E-state index contributed by atoms with van der Waals surface area (Å²) in [5.74, 6) is -0.281. The van der Waals surface area contributed by atoms with E-state index in [9.17, 15) is 4.79 Å². The highest BCUT2D eigenvalue weighted by atomic mass is 127. The number of esters is 1. The fourth-order valence-corrected chi connectivity index (χ4v) is 3.13. The number of carbonyl (C=O) groups excluding carboxylic acids is 1. The van der Waals surface area contributed by atoms with Crippen molar-refractivity contribution in [2.24, 2.45) is 0 Å². The molecule has 0 saturated carbocycles. The van der Waals surface area contributed by atoms with E-state index >= 15 is 0 Å². The molecule has 96 valence electrons. The Morgan fingerprint density at radius 3 is 2.78 bits per heavy atom. The van der Waals surface area contributed by atoms with Gasteiger partial charge in [-0.05, 0) is 54.6 Å². The molecule has 0 aliphatic heterocycles. The highest BCUT2D eigenvalue weighted by molar-refractivity contribution is 14.1. The van der Waals surface area contributed by atoms with Gasteiger partial charge in [-0.3, -0.25) is 0 Å². The Morgan fingerprint density at radius 2 is 2.17 bits per heavy atom. The standard InChI is InChI=1S/C13H13ClINO2/c1-3-16-10-6-5-8(14)7-9(10)11(15)12(16)13(17)18-4-2/h5-7H,3-4H2,1-2H3. The topological polar surface area (TPSA) is 31.2 Å². The number of halogens is 2. The summed E-state index contributed by atoms with van der Waals surface area (Å²) < 4.78 is 7.97. The fourth-order valence-electron chi connectivity index (χ4n) is 2.01. The number of hydrogen-bond donors (Lipinski definition) is 0. The molecule has 0 N–H and O–H groups in total. The van der Waals surface area contributed by atoms with Gasteiger partial charge in [0.25, 0.3) is 0 Å². The Morgan fingerprint density at radius 1 is 1.44 bits per heavy atom. The number of fused-ring (bicyclic) bond motifs is 1. The molecular weight excluding hydrogens is 365 g/mol. The van der Waals surface area contributed by atoms with Crippen LogP contribution in [0.1, 0.15) is 24.3 Å². The smallest absolute Gasteiger partial charge is 0.356 e. The summed E-state index contributed by atoms with van der Waals surface area (Å²) in [5, 5.41) is 1.66. The van der Waals surface area contributed by atoms with Gasteiger partial charge in [0.15, 0.2) is 0 Å². The maximum Gasteiger partial charge on any atom is 0.356 e. The number of hydrogen-bond acceptors (Lipinski definition) is 2. The average Bonchev–Trinajstić information content (AvgIpc) is 2.62. The van der Waals surface area contributed by atoms with Crippen LogP contribution < -0.4 is 0 Å². The molecule has 1 aromatic heterocycles. The van der Waals surface area contributed by atoms with Crippen LogP contribution >= 0.6 is 34.2 Å². The molecule has 0 unspecified atom stereocenters. The van der Waals surface area contributed by atoms with Crippen molar-refractivity contribution in [1.82, 2.24) is 4.57 Å². The van der Waals surface area contributed by atoms with Gasteiger partial charge < -0.3 is 9.30 Å². The molecule has 1 aromatic carbocycles. The molecule has 3 nitrogen and oxygen atoms in total. The Balaban J connectivity index is 2.72. The Kier molecular flexibility index (Phi) is 4.17. The third kappa shape index (κ3) is 2.23. The van der Waals surface area contributed by atoms with Crippen LogP contribution in [-0.2, 0) is 11.3 Å². The average molecular weight is 378 g/mol. The minimum absolute atomic E-state index is 0.281. The molecule has 0 bridgehead atoms. The van der Waals surface area contributed by atoms with Crippen molar-refractivity contribution in [3.8, 4) is 0 Å². The van der Waals surface area contributed by atoms with Crippen LogP contribution in [0.3, 0.4) is 0 Å². The summed E-state index contributed by atoms with van der Waals surface area (Å²) in [4.78, 5) is 12.0. The predicted molar refractivity (Wildman–Crippen MR) is 81.3 cm³/mol. The zero-order valence-electron chi connectivity index (χ0n) is 10.2. The number of carbonyl (C=O) groups is 1. The highest BCUT2D eigenvalue weighted by Gasteiger charge is 2.21. The van der Waals surface area contributed by atoms with Gasteiger partial charge in [-0.15, -0.1) is 0 Å². The Labute approximate surface area is 124 Å². The van der Waals surface area contributed by atoms with Crippen LogP contribution in [0.2, 0.25) is 5.02 Å².